The second kappa shape index (κ2) is 6.05. The zero-order chi connectivity index (χ0) is 11.3. The quantitative estimate of drug-likeness (QED) is 0.518. The summed E-state index contributed by atoms with van der Waals surface area (Å²) in [4.78, 5) is 11.0. The minimum Gasteiger partial charge on any atom is -0.466 e. The Morgan fingerprint density at radius 1 is 1.60 bits per heavy atom. The predicted molar refractivity (Wildman–Crippen MR) is 54.3 cm³/mol. The summed E-state index contributed by atoms with van der Waals surface area (Å²) < 4.78 is 4.71. The highest BCUT2D eigenvalue weighted by Crippen LogP contribution is 2.19. The van der Waals surface area contributed by atoms with Gasteiger partial charge in [-0.1, -0.05) is 0 Å². The number of hydrogen-bond acceptors (Lipinski definition) is 5. The standard InChI is InChI=1S/C10H19NO4/c1-2-15-10(14)5-9(13)6-11-7-3-8(12)4-7/h7-9,11-13H,2-6H2,1H3. The van der Waals surface area contributed by atoms with Crippen LogP contribution in [0.3, 0.4) is 0 Å². The highest BCUT2D eigenvalue weighted by molar-refractivity contribution is 5.69. The zero-order valence-corrected chi connectivity index (χ0v) is 8.98. The average molecular weight is 217 g/mol. The van der Waals surface area contributed by atoms with E-state index in [1.807, 2.05) is 0 Å². The number of hydrogen-bond donors (Lipinski definition) is 3. The van der Waals surface area contributed by atoms with Crippen LogP contribution in [-0.2, 0) is 9.53 Å². The molecule has 1 aliphatic carbocycles. The summed E-state index contributed by atoms with van der Waals surface area (Å²) in [6.07, 6.45) is 0.570. The van der Waals surface area contributed by atoms with Crippen LogP contribution in [0.5, 0.6) is 0 Å². The van der Waals surface area contributed by atoms with Crippen molar-refractivity contribution < 1.29 is 19.7 Å². The predicted octanol–water partition coefficient (Wildman–Crippen LogP) is -0.587. The fourth-order valence-corrected chi connectivity index (χ4v) is 1.54. The van der Waals surface area contributed by atoms with Crippen LogP contribution in [-0.4, -0.2) is 47.6 Å². The van der Waals surface area contributed by atoms with Gasteiger partial charge in [0.05, 0.1) is 25.2 Å². The Hall–Kier alpha value is -0.650. The molecule has 0 aliphatic heterocycles. The van der Waals surface area contributed by atoms with Gasteiger partial charge in [-0.3, -0.25) is 4.79 Å². The van der Waals surface area contributed by atoms with Crippen LogP contribution < -0.4 is 5.32 Å². The minimum atomic E-state index is -0.707. The van der Waals surface area contributed by atoms with E-state index in [2.05, 4.69) is 5.32 Å². The van der Waals surface area contributed by atoms with Gasteiger partial charge < -0.3 is 20.3 Å². The van der Waals surface area contributed by atoms with E-state index in [1.165, 1.54) is 0 Å². The summed E-state index contributed by atoms with van der Waals surface area (Å²) in [6.45, 7) is 2.45. The van der Waals surface area contributed by atoms with E-state index < -0.39 is 6.10 Å². The highest BCUT2D eigenvalue weighted by atomic mass is 16.5. The van der Waals surface area contributed by atoms with Crippen LogP contribution in [0.25, 0.3) is 0 Å². The van der Waals surface area contributed by atoms with Gasteiger partial charge in [0.1, 0.15) is 0 Å². The van der Waals surface area contributed by atoms with Gasteiger partial charge in [0.2, 0.25) is 0 Å². The van der Waals surface area contributed by atoms with Crippen LogP contribution in [0.4, 0.5) is 0 Å². The Balaban J connectivity index is 2.03. The van der Waals surface area contributed by atoms with Crippen molar-refractivity contribution in [3.63, 3.8) is 0 Å². The third-order valence-electron chi connectivity index (χ3n) is 2.46. The Morgan fingerprint density at radius 2 is 2.27 bits per heavy atom. The zero-order valence-electron chi connectivity index (χ0n) is 8.98. The molecule has 0 aromatic heterocycles. The van der Waals surface area contributed by atoms with Crippen molar-refractivity contribution in [3.05, 3.63) is 0 Å². The normalized spacial score (nSPS) is 26.9. The lowest BCUT2D eigenvalue weighted by atomic mass is 9.89. The molecule has 1 rings (SSSR count). The summed E-state index contributed by atoms with van der Waals surface area (Å²) >= 11 is 0. The molecule has 0 aromatic carbocycles. The Morgan fingerprint density at radius 3 is 2.80 bits per heavy atom. The molecule has 0 spiro atoms. The number of carbonyl (C=O) groups is 1. The van der Waals surface area contributed by atoms with Crippen molar-refractivity contribution in [1.29, 1.82) is 0 Å². The summed E-state index contributed by atoms with van der Waals surface area (Å²) in [5.74, 6) is -0.375. The van der Waals surface area contributed by atoms with Crippen LogP contribution in [0.1, 0.15) is 26.2 Å². The monoisotopic (exact) mass is 217 g/mol. The fraction of sp³-hybridized carbons (Fsp3) is 0.900. The molecular weight excluding hydrogens is 198 g/mol. The van der Waals surface area contributed by atoms with Crippen LogP contribution >= 0.6 is 0 Å². The van der Waals surface area contributed by atoms with E-state index in [0.29, 0.717) is 13.2 Å². The number of ether oxygens (including phenoxy) is 1. The average Bonchev–Trinajstić information content (AvgIpc) is 2.11. The molecular formula is C10H19NO4. The second-order valence-electron chi connectivity index (χ2n) is 3.89. The first kappa shape index (κ1) is 12.4. The molecule has 3 N–H and O–H groups in total. The van der Waals surface area contributed by atoms with Crippen LogP contribution in [0.2, 0.25) is 0 Å². The number of esters is 1. The number of carbonyl (C=O) groups excluding carboxylic acids is 1. The molecule has 1 atom stereocenters. The van der Waals surface area contributed by atoms with E-state index in [0.717, 1.165) is 12.8 Å². The first-order chi connectivity index (χ1) is 7.11. The van der Waals surface area contributed by atoms with Gasteiger partial charge in [-0.2, -0.15) is 0 Å². The fourth-order valence-electron chi connectivity index (χ4n) is 1.54. The van der Waals surface area contributed by atoms with Crippen molar-refractivity contribution >= 4 is 5.97 Å². The summed E-state index contributed by atoms with van der Waals surface area (Å²) in [7, 11) is 0. The van der Waals surface area contributed by atoms with E-state index >= 15 is 0 Å². The summed E-state index contributed by atoms with van der Waals surface area (Å²) in [5, 5.41) is 21.6. The van der Waals surface area contributed by atoms with Crippen molar-refractivity contribution in [1.82, 2.24) is 5.32 Å². The molecule has 1 unspecified atom stereocenters. The molecule has 0 amide bonds. The SMILES string of the molecule is CCOC(=O)CC(O)CNC1CC(O)C1. The van der Waals surface area contributed by atoms with Gasteiger partial charge in [0.25, 0.3) is 0 Å². The van der Waals surface area contributed by atoms with Gasteiger partial charge in [-0.05, 0) is 19.8 Å². The Kier molecular flexibility index (Phi) is 5.01. The van der Waals surface area contributed by atoms with Gasteiger partial charge >= 0.3 is 5.97 Å². The molecule has 0 saturated heterocycles. The van der Waals surface area contributed by atoms with Crippen molar-refractivity contribution in [3.8, 4) is 0 Å². The Labute approximate surface area is 89.4 Å². The largest absolute Gasteiger partial charge is 0.466 e. The van der Waals surface area contributed by atoms with Gasteiger partial charge in [0.15, 0.2) is 0 Å². The molecule has 0 bridgehead atoms. The second-order valence-corrected chi connectivity index (χ2v) is 3.89. The number of aliphatic hydroxyl groups is 2. The first-order valence-electron chi connectivity index (χ1n) is 5.37. The van der Waals surface area contributed by atoms with E-state index in [4.69, 9.17) is 9.84 Å². The van der Waals surface area contributed by atoms with E-state index in [-0.39, 0.29) is 24.5 Å². The molecule has 1 aliphatic rings. The molecule has 0 aromatic rings. The molecule has 0 radical (unpaired) electrons. The lowest BCUT2D eigenvalue weighted by Crippen LogP contribution is -2.46. The smallest absolute Gasteiger partial charge is 0.308 e. The number of nitrogens with one attached hydrogen (secondary N) is 1. The molecule has 1 saturated carbocycles. The molecule has 15 heavy (non-hydrogen) atoms. The van der Waals surface area contributed by atoms with Crippen molar-refractivity contribution in [2.45, 2.75) is 44.4 Å². The summed E-state index contributed by atoms with van der Waals surface area (Å²) in [6, 6.07) is 0.275. The van der Waals surface area contributed by atoms with E-state index in [9.17, 15) is 9.90 Å². The van der Waals surface area contributed by atoms with E-state index in [1.54, 1.807) is 6.92 Å². The third kappa shape index (κ3) is 4.59. The summed E-state index contributed by atoms with van der Waals surface area (Å²) in [5.41, 5.74) is 0. The maximum atomic E-state index is 11.0. The minimum absolute atomic E-state index is 0.0239. The van der Waals surface area contributed by atoms with Crippen LogP contribution in [0.15, 0.2) is 0 Å². The van der Waals surface area contributed by atoms with Crippen LogP contribution in [0, 0.1) is 0 Å². The molecule has 88 valence electrons. The number of aliphatic hydroxyl groups excluding tert-OH is 2. The first-order valence-corrected chi connectivity index (χ1v) is 5.37. The Bertz CT molecular complexity index is 204. The highest BCUT2D eigenvalue weighted by Gasteiger charge is 2.27. The molecule has 0 heterocycles. The third-order valence-corrected chi connectivity index (χ3v) is 2.46. The lowest BCUT2D eigenvalue weighted by molar-refractivity contribution is -0.145. The van der Waals surface area contributed by atoms with Crippen molar-refractivity contribution in [2.75, 3.05) is 13.2 Å². The maximum absolute atomic E-state index is 11.0. The molecule has 1 fully saturated rings. The number of rotatable bonds is 6. The van der Waals surface area contributed by atoms with Gasteiger partial charge in [-0.15, -0.1) is 0 Å². The van der Waals surface area contributed by atoms with Gasteiger partial charge in [-0.25, -0.2) is 0 Å². The lowest BCUT2D eigenvalue weighted by Gasteiger charge is -2.32. The maximum Gasteiger partial charge on any atom is 0.308 e. The molecule has 5 heteroatoms. The topological polar surface area (TPSA) is 78.8 Å². The molecule has 5 nitrogen and oxygen atoms in total. The van der Waals surface area contributed by atoms with Gasteiger partial charge in [0, 0.05) is 12.6 Å². The van der Waals surface area contributed by atoms with Crippen molar-refractivity contribution in [2.24, 2.45) is 0 Å².